The summed E-state index contributed by atoms with van der Waals surface area (Å²) in [6.45, 7) is 0. The maximum atomic E-state index is 13.1. The molecule has 0 radical (unpaired) electrons. The lowest BCUT2D eigenvalue weighted by molar-refractivity contribution is -0.384. The van der Waals surface area contributed by atoms with Crippen molar-refractivity contribution in [2.45, 2.75) is 0 Å². The summed E-state index contributed by atoms with van der Waals surface area (Å²) in [5.41, 5.74) is -1.12. The van der Waals surface area contributed by atoms with E-state index in [0.29, 0.717) is 12.1 Å². The van der Waals surface area contributed by atoms with Crippen molar-refractivity contribution < 1.29 is 13.7 Å². The number of aromatic amines is 1. The number of hydrogen-bond donors (Lipinski definition) is 2. The Kier molecular flexibility index (Phi) is 3.80. The van der Waals surface area contributed by atoms with Crippen LogP contribution in [0.15, 0.2) is 18.3 Å². The van der Waals surface area contributed by atoms with Gasteiger partial charge < -0.3 is 5.32 Å². The molecule has 0 fully saturated rings. The average molecular weight is 293 g/mol. The SMILES string of the molecule is N#CC(=CNc1cc(F)c(F)cc1[N+](=O)[O-])c1nn[nH]n1. The third-order valence-corrected chi connectivity index (χ3v) is 2.31. The first-order valence-electron chi connectivity index (χ1n) is 5.27. The van der Waals surface area contributed by atoms with Gasteiger partial charge in [0.2, 0.25) is 5.82 Å². The average Bonchev–Trinajstić information content (AvgIpc) is 2.96. The van der Waals surface area contributed by atoms with E-state index < -0.39 is 22.2 Å². The van der Waals surface area contributed by atoms with Crippen molar-refractivity contribution in [3.63, 3.8) is 0 Å². The maximum absolute atomic E-state index is 13.1. The van der Waals surface area contributed by atoms with Crippen LogP contribution in [0.3, 0.4) is 0 Å². The number of rotatable bonds is 4. The van der Waals surface area contributed by atoms with E-state index in [2.05, 4.69) is 25.9 Å². The summed E-state index contributed by atoms with van der Waals surface area (Å²) in [5.74, 6) is -2.68. The third kappa shape index (κ3) is 2.95. The number of benzene rings is 1. The first-order valence-corrected chi connectivity index (χ1v) is 5.27. The number of halogens is 2. The smallest absolute Gasteiger partial charge is 0.295 e. The number of nitro benzene ring substituents is 1. The fourth-order valence-corrected chi connectivity index (χ4v) is 1.38. The monoisotopic (exact) mass is 293 g/mol. The fraction of sp³-hybridized carbons (Fsp3) is 0. The van der Waals surface area contributed by atoms with Gasteiger partial charge in [0.15, 0.2) is 11.6 Å². The van der Waals surface area contributed by atoms with Gasteiger partial charge in [-0.1, -0.05) is 0 Å². The highest BCUT2D eigenvalue weighted by atomic mass is 19.2. The zero-order valence-corrected chi connectivity index (χ0v) is 10.0. The second kappa shape index (κ2) is 5.70. The Labute approximate surface area is 115 Å². The molecule has 1 aromatic heterocycles. The summed E-state index contributed by atoms with van der Waals surface area (Å²) in [7, 11) is 0. The molecule has 2 N–H and O–H groups in total. The van der Waals surface area contributed by atoms with Crippen molar-refractivity contribution >= 4 is 16.9 Å². The molecule has 106 valence electrons. The molecule has 2 aromatic rings. The van der Waals surface area contributed by atoms with E-state index in [0.717, 1.165) is 6.20 Å². The van der Waals surface area contributed by atoms with Crippen LogP contribution < -0.4 is 5.32 Å². The van der Waals surface area contributed by atoms with Gasteiger partial charge in [-0.15, -0.1) is 10.2 Å². The number of nitrogens with zero attached hydrogens (tertiary/aromatic N) is 5. The van der Waals surface area contributed by atoms with Crippen LogP contribution in [0, 0.1) is 33.1 Å². The molecule has 0 aliphatic carbocycles. The summed E-state index contributed by atoms with van der Waals surface area (Å²) in [6.07, 6.45) is 1.02. The molecule has 0 saturated heterocycles. The van der Waals surface area contributed by atoms with Crippen LogP contribution in [0.25, 0.3) is 5.57 Å². The molecule has 0 aliphatic rings. The highest BCUT2D eigenvalue weighted by Gasteiger charge is 2.18. The van der Waals surface area contributed by atoms with Crippen LogP contribution in [-0.4, -0.2) is 25.5 Å². The van der Waals surface area contributed by atoms with Crippen LogP contribution in [-0.2, 0) is 0 Å². The number of anilines is 1. The standard InChI is InChI=1S/C10H5F2N7O2/c11-6-1-8(9(19(20)21)2-7(6)12)14-4-5(3-13)10-15-17-18-16-10/h1-2,4,14H,(H,15,16,17,18). The van der Waals surface area contributed by atoms with Gasteiger partial charge >= 0.3 is 0 Å². The first kappa shape index (κ1) is 14.0. The predicted molar refractivity (Wildman–Crippen MR) is 64.4 cm³/mol. The Morgan fingerprint density at radius 2 is 2.19 bits per heavy atom. The number of H-pyrrole nitrogens is 1. The molecule has 0 spiro atoms. The number of nitro groups is 1. The number of aromatic nitrogens is 4. The van der Waals surface area contributed by atoms with Gasteiger partial charge in [-0.2, -0.15) is 10.5 Å². The number of nitriles is 1. The van der Waals surface area contributed by atoms with Gasteiger partial charge in [-0.25, -0.2) is 8.78 Å². The molecule has 1 aromatic carbocycles. The normalized spacial score (nSPS) is 11.0. The molecule has 1 heterocycles. The summed E-state index contributed by atoms with van der Waals surface area (Å²) in [4.78, 5) is 9.89. The molecule has 0 atom stereocenters. The van der Waals surface area contributed by atoms with Gasteiger partial charge in [0.1, 0.15) is 17.3 Å². The van der Waals surface area contributed by atoms with Crippen LogP contribution in [0.4, 0.5) is 20.2 Å². The molecule has 0 unspecified atom stereocenters. The van der Waals surface area contributed by atoms with Gasteiger partial charge in [0.25, 0.3) is 5.69 Å². The second-order valence-corrected chi connectivity index (χ2v) is 3.59. The Balaban J connectivity index is 2.38. The Morgan fingerprint density at radius 1 is 1.48 bits per heavy atom. The van der Waals surface area contributed by atoms with Crippen molar-refractivity contribution in [1.82, 2.24) is 20.6 Å². The molecule has 0 amide bonds. The maximum Gasteiger partial charge on any atom is 0.295 e. The topological polar surface area (TPSA) is 133 Å². The summed E-state index contributed by atoms with van der Waals surface area (Å²) in [6, 6.07) is 2.77. The van der Waals surface area contributed by atoms with Crippen LogP contribution in [0.2, 0.25) is 0 Å². The van der Waals surface area contributed by atoms with E-state index in [4.69, 9.17) is 5.26 Å². The van der Waals surface area contributed by atoms with E-state index in [1.54, 1.807) is 6.07 Å². The Morgan fingerprint density at radius 3 is 2.76 bits per heavy atom. The van der Waals surface area contributed by atoms with Gasteiger partial charge in [-0.05, 0) is 5.21 Å². The van der Waals surface area contributed by atoms with E-state index in [1.807, 2.05) is 0 Å². The molecule has 11 heteroatoms. The Hall–Kier alpha value is -3.42. The zero-order chi connectivity index (χ0) is 15.4. The minimum atomic E-state index is -1.35. The van der Waals surface area contributed by atoms with Crippen LogP contribution in [0.5, 0.6) is 0 Å². The summed E-state index contributed by atoms with van der Waals surface area (Å²) in [5, 5.41) is 34.5. The number of nitrogens with one attached hydrogen (secondary N) is 2. The molecule has 0 aliphatic heterocycles. The van der Waals surface area contributed by atoms with E-state index in [9.17, 15) is 18.9 Å². The molecular weight excluding hydrogens is 288 g/mol. The molecule has 21 heavy (non-hydrogen) atoms. The highest BCUT2D eigenvalue weighted by Crippen LogP contribution is 2.27. The van der Waals surface area contributed by atoms with Crippen molar-refractivity contribution in [3.05, 3.63) is 45.9 Å². The van der Waals surface area contributed by atoms with E-state index in [1.165, 1.54) is 0 Å². The number of tetrazole rings is 1. The highest BCUT2D eigenvalue weighted by molar-refractivity contribution is 5.75. The largest absolute Gasteiger partial charge is 0.355 e. The molecular formula is C10H5F2N7O2. The quantitative estimate of drug-likeness (QED) is 0.493. The van der Waals surface area contributed by atoms with Gasteiger partial charge in [0.05, 0.1) is 11.0 Å². The molecule has 2 rings (SSSR count). The van der Waals surface area contributed by atoms with E-state index in [-0.39, 0.29) is 17.1 Å². The number of allylic oxidation sites excluding steroid dienone is 1. The van der Waals surface area contributed by atoms with Crippen molar-refractivity contribution in [3.8, 4) is 6.07 Å². The zero-order valence-electron chi connectivity index (χ0n) is 10.0. The molecule has 0 saturated carbocycles. The Bertz CT molecular complexity index is 752. The lowest BCUT2D eigenvalue weighted by atomic mass is 10.2. The lowest BCUT2D eigenvalue weighted by Crippen LogP contribution is -2.00. The minimum absolute atomic E-state index is 0.0600. The predicted octanol–water partition coefficient (Wildman–Crippen LogP) is 1.36. The minimum Gasteiger partial charge on any atom is -0.355 e. The van der Waals surface area contributed by atoms with Crippen molar-refractivity contribution in [1.29, 1.82) is 5.26 Å². The lowest BCUT2D eigenvalue weighted by Gasteiger charge is -2.03. The summed E-state index contributed by atoms with van der Waals surface area (Å²) >= 11 is 0. The first-order chi connectivity index (χ1) is 10.0. The summed E-state index contributed by atoms with van der Waals surface area (Å²) < 4.78 is 26.1. The van der Waals surface area contributed by atoms with Crippen molar-refractivity contribution in [2.75, 3.05) is 5.32 Å². The fourth-order valence-electron chi connectivity index (χ4n) is 1.38. The molecule has 9 nitrogen and oxygen atoms in total. The molecule has 0 bridgehead atoms. The van der Waals surface area contributed by atoms with E-state index >= 15 is 0 Å². The van der Waals surface area contributed by atoms with Gasteiger partial charge in [-0.3, -0.25) is 10.1 Å². The van der Waals surface area contributed by atoms with Crippen molar-refractivity contribution in [2.24, 2.45) is 0 Å². The third-order valence-electron chi connectivity index (χ3n) is 2.31. The van der Waals surface area contributed by atoms with Crippen LogP contribution in [0.1, 0.15) is 5.82 Å². The second-order valence-electron chi connectivity index (χ2n) is 3.59. The number of hydrogen-bond acceptors (Lipinski definition) is 7. The van der Waals surface area contributed by atoms with Crippen LogP contribution >= 0.6 is 0 Å². The van der Waals surface area contributed by atoms with Gasteiger partial charge in [0, 0.05) is 12.3 Å².